The summed E-state index contributed by atoms with van der Waals surface area (Å²) in [7, 11) is -3.25. The summed E-state index contributed by atoms with van der Waals surface area (Å²) in [6, 6.07) is 3.37. The Morgan fingerprint density at radius 1 is 1.26 bits per heavy atom. The standard InChI is InChI=1S/C18H23N3O4S2/c1-11(2)27(23,24)21-8-15(9-21)25-14-5-12(3)19-16(6-14)17(22)7-18-20-13(4)10-26-18/h5-6,10-11,15H,7-9H2,1-4H3. The van der Waals surface area contributed by atoms with Gasteiger partial charge < -0.3 is 4.74 Å². The van der Waals surface area contributed by atoms with Gasteiger partial charge in [-0.15, -0.1) is 11.3 Å². The number of hydrogen-bond acceptors (Lipinski definition) is 7. The fourth-order valence-corrected chi connectivity index (χ4v) is 4.85. The van der Waals surface area contributed by atoms with Crippen LogP contribution in [0.5, 0.6) is 5.75 Å². The summed E-state index contributed by atoms with van der Waals surface area (Å²) < 4.78 is 31.5. The van der Waals surface area contributed by atoms with Gasteiger partial charge in [0, 0.05) is 28.9 Å². The number of ether oxygens (including phenoxy) is 1. The molecule has 0 unspecified atom stereocenters. The normalized spacial score (nSPS) is 15.7. The van der Waals surface area contributed by atoms with E-state index in [4.69, 9.17) is 4.74 Å². The number of pyridine rings is 1. The Hall–Kier alpha value is -1.84. The topological polar surface area (TPSA) is 89.5 Å². The minimum Gasteiger partial charge on any atom is -0.488 e. The van der Waals surface area contributed by atoms with E-state index < -0.39 is 15.3 Å². The van der Waals surface area contributed by atoms with Crippen molar-refractivity contribution in [3.63, 3.8) is 0 Å². The average Bonchev–Trinajstić information content (AvgIpc) is 2.94. The fourth-order valence-electron chi connectivity index (χ4n) is 2.73. The van der Waals surface area contributed by atoms with Crippen LogP contribution in [0.25, 0.3) is 0 Å². The molecule has 3 rings (SSSR count). The molecule has 1 saturated heterocycles. The molecule has 7 nitrogen and oxygen atoms in total. The third-order valence-corrected chi connectivity index (χ3v) is 7.44. The van der Waals surface area contributed by atoms with Crippen molar-refractivity contribution in [3.8, 4) is 5.75 Å². The molecule has 0 spiro atoms. The van der Waals surface area contributed by atoms with E-state index in [1.807, 2.05) is 12.3 Å². The second-order valence-electron chi connectivity index (χ2n) is 6.96. The maximum atomic E-state index is 12.5. The van der Waals surface area contributed by atoms with E-state index in [0.29, 0.717) is 30.2 Å². The molecule has 9 heteroatoms. The number of carbonyl (C=O) groups excluding carboxylic acids is 1. The van der Waals surface area contributed by atoms with E-state index in [1.54, 1.807) is 32.9 Å². The van der Waals surface area contributed by atoms with E-state index in [0.717, 1.165) is 10.7 Å². The third-order valence-electron chi connectivity index (χ3n) is 4.26. The van der Waals surface area contributed by atoms with Gasteiger partial charge in [0.15, 0.2) is 5.78 Å². The van der Waals surface area contributed by atoms with Crippen molar-refractivity contribution >= 4 is 27.1 Å². The Bertz CT molecular complexity index is 947. The molecular formula is C18H23N3O4S2. The Labute approximate surface area is 163 Å². The zero-order valence-corrected chi connectivity index (χ0v) is 17.4. The number of rotatable bonds is 7. The highest BCUT2D eigenvalue weighted by molar-refractivity contribution is 7.89. The van der Waals surface area contributed by atoms with Gasteiger partial charge in [-0.1, -0.05) is 0 Å². The molecule has 0 N–H and O–H groups in total. The summed E-state index contributed by atoms with van der Waals surface area (Å²) >= 11 is 1.46. The van der Waals surface area contributed by atoms with Gasteiger partial charge in [0.05, 0.1) is 24.8 Å². The van der Waals surface area contributed by atoms with Crippen molar-refractivity contribution in [1.29, 1.82) is 0 Å². The summed E-state index contributed by atoms with van der Waals surface area (Å²) in [6.07, 6.45) is -0.0111. The van der Waals surface area contributed by atoms with Gasteiger partial charge in [-0.2, -0.15) is 4.31 Å². The van der Waals surface area contributed by atoms with Crippen LogP contribution in [0, 0.1) is 13.8 Å². The molecule has 0 radical (unpaired) electrons. The molecule has 146 valence electrons. The van der Waals surface area contributed by atoms with Crippen molar-refractivity contribution in [2.24, 2.45) is 0 Å². The molecule has 3 heterocycles. The summed E-state index contributed by atoms with van der Waals surface area (Å²) in [4.78, 5) is 21.1. The summed E-state index contributed by atoms with van der Waals surface area (Å²) in [5.74, 6) is 0.420. The monoisotopic (exact) mass is 409 g/mol. The first-order chi connectivity index (χ1) is 12.6. The number of sulfonamides is 1. The lowest BCUT2D eigenvalue weighted by atomic mass is 10.1. The van der Waals surface area contributed by atoms with E-state index in [2.05, 4.69) is 9.97 Å². The Balaban J connectivity index is 1.65. The molecule has 0 saturated carbocycles. The molecule has 0 bridgehead atoms. The molecule has 2 aromatic rings. The van der Waals surface area contributed by atoms with Crippen LogP contribution in [0.2, 0.25) is 0 Å². The summed E-state index contributed by atoms with van der Waals surface area (Å²) in [5, 5.41) is 2.23. The molecule has 1 aliphatic rings. The van der Waals surface area contributed by atoms with E-state index in [-0.39, 0.29) is 18.3 Å². The van der Waals surface area contributed by atoms with Crippen LogP contribution in [-0.2, 0) is 16.4 Å². The maximum Gasteiger partial charge on any atom is 0.216 e. The molecule has 0 aliphatic carbocycles. The second-order valence-corrected chi connectivity index (χ2v) is 10.4. The van der Waals surface area contributed by atoms with Crippen LogP contribution in [0.3, 0.4) is 0 Å². The van der Waals surface area contributed by atoms with Crippen LogP contribution >= 0.6 is 11.3 Å². The van der Waals surface area contributed by atoms with E-state index >= 15 is 0 Å². The highest BCUT2D eigenvalue weighted by atomic mass is 32.2. The lowest BCUT2D eigenvalue weighted by molar-refractivity contribution is 0.0753. The van der Waals surface area contributed by atoms with Gasteiger partial charge in [0.25, 0.3) is 0 Å². The predicted molar refractivity (Wildman–Crippen MR) is 104 cm³/mol. The summed E-state index contributed by atoms with van der Waals surface area (Å²) in [6.45, 7) is 7.67. The van der Waals surface area contributed by atoms with Gasteiger partial charge in [0.2, 0.25) is 10.0 Å². The Morgan fingerprint density at radius 2 is 1.96 bits per heavy atom. The van der Waals surface area contributed by atoms with Gasteiger partial charge in [-0.3, -0.25) is 4.79 Å². The van der Waals surface area contributed by atoms with Crippen molar-refractivity contribution in [3.05, 3.63) is 39.6 Å². The molecule has 0 amide bonds. The van der Waals surface area contributed by atoms with Crippen LogP contribution in [0.1, 0.15) is 40.7 Å². The van der Waals surface area contributed by atoms with Crippen LogP contribution in [0.15, 0.2) is 17.5 Å². The molecule has 1 aliphatic heterocycles. The minimum absolute atomic E-state index is 0.115. The van der Waals surface area contributed by atoms with Gasteiger partial charge in [-0.25, -0.2) is 18.4 Å². The number of nitrogens with zero attached hydrogens (tertiary/aromatic N) is 3. The van der Waals surface area contributed by atoms with Crippen LogP contribution in [-0.4, -0.2) is 52.9 Å². The number of aromatic nitrogens is 2. The quantitative estimate of drug-likeness (QED) is 0.652. The number of ketones is 1. The SMILES string of the molecule is Cc1cc(OC2CN(S(=O)(=O)C(C)C)C2)cc(C(=O)Cc2nc(C)cs2)n1. The number of hydrogen-bond donors (Lipinski definition) is 0. The zero-order chi connectivity index (χ0) is 19.8. The Morgan fingerprint density at radius 3 is 2.56 bits per heavy atom. The van der Waals surface area contributed by atoms with Gasteiger partial charge in [-0.05, 0) is 27.7 Å². The Kier molecular flexibility index (Phi) is 5.64. The maximum absolute atomic E-state index is 12.5. The summed E-state index contributed by atoms with van der Waals surface area (Å²) in [5.41, 5.74) is 1.91. The van der Waals surface area contributed by atoms with Crippen molar-refractivity contribution in [2.75, 3.05) is 13.1 Å². The fraction of sp³-hybridized carbons (Fsp3) is 0.500. The van der Waals surface area contributed by atoms with E-state index in [1.165, 1.54) is 15.6 Å². The number of thiazole rings is 1. The third kappa shape index (κ3) is 4.53. The van der Waals surface area contributed by atoms with Gasteiger partial charge >= 0.3 is 0 Å². The van der Waals surface area contributed by atoms with E-state index in [9.17, 15) is 13.2 Å². The predicted octanol–water partition coefficient (Wildman–Crippen LogP) is 2.38. The first-order valence-corrected chi connectivity index (χ1v) is 11.1. The first kappa shape index (κ1) is 19.9. The molecule has 0 aromatic carbocycles. The molecule has 1 fully saturated rings. The van der Waals surface area contributed by atoms with Crippen molar-refractivity contribution in [2.45, 2.75) is 45.5 Å². The van der Waals surface area contributed by atoms with Gasteiger partial charge in [0.1, 0.15) is 22.6 Å². The van der Waals surface area contributed by atoms with Crippen molar-refractivity contribution < 1.29 is 17.9 Å². The van der Waals surface area contributed by atoms with Crippen molar-refractivity contribution in [1.82, 2.24) is 14.3 Å². The lowest BCUT2D eigenvalue weighted by Crippen LogP contribution is -2.57. The molecular weight excluding hydrogens is 386 g/mol. The zero-order valence-electron chi connectivity index (χ0n) is 15.8. The molecule has 0 atom stereocenters. The highest BCUT2D eigenvalue weighted by Gasteiger charge is 2.38. The second kappa shape index (κ2) is 7.65. The van der Waals surface area contributed by atoms with Crippen LogP contribution < -0.4 is 4.74 Å². The van der Waals surface area contributed by atoms with Crippen LogP contribution in [0.4, 0.5) is 0 Å². The largest absolute Gasteiger partial charge is 0.488 e. The molecule has 2 aromatic heterocycles. The first-order valence-electron chi connectivity index (χ1n) is 8.73. The minimum atomic E-state index is -3.25. The lowest BCUT2D eigenvalue weighted by Gasteiger charge is -2.38. The number of carbonyl (C=O) groups is 1. The average molecular weight is 410 g/mol. The molecule has 27 heavy (non-hydrogen) atoms. The number of aryl methyl sites for hydroxylation is 2. The highest BCUT2D eigenvalue weighted by Crippen LogP contribution is 2.24. The smallest absolute Gasteiger partial charge is 0.216 e. The number of Topliss-reactive ketones (excluding diaryl/α,β-unsaturated/α-hetero) is 1.